The van der Waals surface area contributed by atoms with E-state index < -0.39 is 5.82 Å². The monoisotopic (exact) mass is 260 g/mol. The van der Waals surface area contributed by atoms with Gasteiger partial charge >= 0.3 is 0 Å². The van der Waals surface area contributed by atoms with Gasteiger partial charge in [0, 0.05) is 12.0 Å². The summed E-state index contributed by atoms with van der Waals surface area (Å²) in [4.78, 5) is 10.4. The number of carbonyl (C=O) groups excluding carboxylic acids is 1. The summed E-state index contributed by atoms with van der Waals surface area (Å²) in [5, 5.41) is 0. The molecule has 0 saturated heterocycles. The Balaban J connectivity index is 3.18. The van der Waals surface area contributed by atoms with Crippen LogP contribution in [0.4, 0.5) is 4.39 Å². The minimum absolute atomic E-state index is 0.0284. The van der Waals surface area contributed by atoms with Crippen molar-refractivity contribution in [1.82, 2.24) is 0 Å². The van der Waals surface area contributed by atoms with Crippen LogP contribution in [0, 0.1) is 5.82 Å². The first kappa shape index (κ1) is 11.2. The van der Waals surface area contributed by atoms with Crippen molar-refractivity contribution in [2.45, 2.75) is 13.3 Å². The summed E-state index contributed by atoms with van der Waals surface area (Å²) in [6.07, 6.45) is 0.688. The molecule has 0 saturated carbocycles. The molecular formula is C10H10BrFO2. The lowest BCUT2D eigenvalue weighted by atomic mass is 10.1. The van der Waals surface area contributed by atoms with Crippen molar-refractivity contribution < 1.29 is 13.9 Å². The molecule has 4 heteroatoms. The molecule has 0 aliphatic rings. The van der Waals surface area contributed by atoms with Crippen LogP contribution in [-0.4, -0.2) is 12.9 Å². The highest BCUT2D eigenvalue weighted by Gasteiger charge is 2.12. The van der Waals surface area contributed by atoms with Gasteiger partial charge in [0.2, 0.25) is 0 Å². The van der Waals surface area contributed by atoms with Gasteiger partial charge in [-0.1, -0.05) is 0 Å². The molecule has 0 fully saturated rings. The summed E-state index contributed by atoms with van der Waals surface area (Å²) in [6, 6.07) is 2.88. The second kappa shape index (κ2) is 5.10. The molecule has 0 N–H and O–H groups in total. The molecule has 0 heterocycles. The summed E-state index contributed by atoms with van der Waals surface area (Å²) in [5.74, 6) is 0.00310. The van der Waals surface area contributed by atoms with E-state index in [1.165, 1.54) is 6.07 Å². The van der Waals surface area contributed by atoms with Crippen LogP contribution in [0.15, 0.2) is 16.6 Å². The molecule has 2 nitrogen and oxygen atoms in total. The largest absolute Gasteiger partial charge is 0.492 e. The Kier molecular flexibility index (Phi) is 4.07. The molecule has 0 amide bonds. The Bertz CT molecular complexity index is 339. The Hall–Kier alpha value is -0.900. The number of halogens is 2. The molecule has 14 heavy (non-hydrogen) atoms. The number of hydrogen-bond acceptors (Lipinski definition) is 2. The third-order valence-corrected chi connectivity index (χ3v) is 2.36. The van der Waals surface area contributed by atoms with Crippen molar-refractivity contribution in [3.63, 3.8) is 0 Å². The van der Waals surface area contributed by atoms with Gasteiger partial charge < -0.3 is 9.53 Å². The molecule has 76 valence electrons. The lowest BCUT2D eigenvalue weighted by molar-refractivity contribution is -0.107. The minimum atomic E-state index is -0.413. The molecule has 0 spiro atoms. The molecule has 0 aliphatic heterocycles. The SMILES string of the molecule is CCOc1c(Br)ccc(F)c1CC=O. The second-order valence-corrected chi connectivity index (χ2v) is 3.50. The Morgan fingerprint density at radius 2 is 2.29 bits per heavy atom. The van der Waals surface area contributed by atoms with Crippen molar-refractivity contribution in [2.24, 2.45) is 0 Å². The molecule has 0 aromatic heterocycles. The van der Waals surface area contributed by atoms with Crippen molar-refractivity contribution >= 4 is 22.2 Å². The fourth-order valence-electron chi connectivity index (χ4n) is 1.15. The molecule has 0 atom stereocenters. The average Bonchev–Trinajstić information content (AvgIpc) is 2.17. The lowest BCUT2D eigenvalue weighted by Gasteiger charge is -2.10. The molecule has 1 aromatic carbocycles. The van der Waals surface area contributed by atoms with E-state index in [0.29, 0.717) is 28.7 Å². The third-order valence-electron chi connectivity index (χ3n) is 1.73. The number of hydrogen-bond donors (Lipinski definition) is 0. The highest BCUT2D eigenvalue weighted by Crippen LogP contribution is 2.31. The number of benzene rings is 1. The fourth-order valence-corrected chi connectivity index (χ4v) is 1.64. The second-order valence-electron chi connectivity index (χ2n) is 2.64. The molecule has 0 unspecified atom stereocenters. The van der Waals surface area contributed by atoms with Gasteiger partial charge in [-0.3, -0.25) is 0 Å². The predicted molar refractivity (Wildman–Crippen MR) is 55.0 cm³/mol. The Morgan fingerprint density at radius 1 is 1.57 bits per heavy atom. The van der Waals surface area contributed by atoms with E-state index in [4.69, 9.17) is 4.74 Å². The van der Waals surface area contributed by atoms with E-state index >= 15 is 0 Å². The van der Waals surface area contributed by atoms with Gasteiger partial charge in [0.25, 0.3) is 0 Å². The Labute approximate surface area is 90.2 Å². The first-order valence-corrected chi connectivity index (χ1v) is 5.03. The zero-order valence-electron chi connectivity index (χ0n) is 7.72. The van der Waals surface area contributed by atoms with Gasteiger partial charge in [0.05, 0.1) is 11.1 Å². The van der Waals surface area contributed by atoms with Gasteiger partial charge in [-0.2, -0.15) is 0 Å². The van der Waals surface area contributed by atoms with Gasteiger partial charge in [0.1, 0.15) is 17.9 Å². The highest BCUT2D eigenvalue weighted by molar-refractivity contribution is 9.10. The third kappa shape index (κ3) is 2.32. The number of rotatable bonds is 4. The first-order chi connectivity index (χ1) is 6.70. The minimum Gasteiger partial charge on any atom is -0.492 e. The van der Waals surface area contributed by atoms with Crippen LogP contribution in [0.5, 0.6) is 5.75 Å². The van der Waals surface area contributed by atoms with Crippen LogP contribution in [-0.2, 0) is 11.2 Å². The van der Waals surface area contributed by atoms with Crippen molar-refractivity contribution in [3.8, 4) is 5.75 Å². The molecular weight excluding hydrogens is 251 g/mol. The van der Waals surface area contributed by atoms with Crippen molar-refractivity contribution in [3.05, 3.63) is 28.0 Å². The maximum absolute atomic E-state index is 13.3. The van der Waals surface area contributed by atoms with Crippen LogP contribution in [0.25, 0.3) is 0 Å². The standard InChI is InChI=1S/C10H10BrFO2/c1-2-14-10-7(5-6-13)9(12)4-3-8(10)11/h3-4,6H,2,5H2,1H3. The number of carbonyl (C=O) groups is 1. The first-order valence-electron chi connectivity index (χ1n) is 4.24. The van der Waals surface area contributed by atoms with E-state index in [-0.39, 0.29) is 6.42 Å². The molecule has 1 rings (SSSR count). The van der Waals surface area contributed by atoms with E-state index in [0.717, 1.165) is 0 Å². The summed E-state index contributed by atoms with van der Waals surface area (Å²) >= 11 is 3.24. The van der Waals surface area contributed by atoms with Gasteiger partial charge in [-0.15, -0.1) is 0 Å². The van der Waals surface area contributed by atoms with Crippen LogP contribution in [0.2, 0.25) is 0 Å². The molecule has 0 bridgehead atoms. The van der Waals surface area contributed by atoms with Crippen LogP contribution >= 0.6 is 15.9 Å². The van der Waals surface area contributed by atoms with Gasteiger partial charge in [-0.25, -0.2) is 4.39 Å². The normalized spacial score (nSPS) is 9.93. The highest BCUT2D eigenvalue weighted by atomic mass is 79.9. The fraction of sp³-hybridized carbons (Fsp3) is 0.300. The molecule has 0 radical (unpaired) electrons. The van der Waals surface area contributed by atoms with Gasteiger partial charge in [0.15, 0.2) is 0 Å². The lowest BCUT2D eigenvalue weighted by Crippen LogP contribution is -2.01. The van der Waals surface area contributed by atoms with Gasteiger partial charge in [-0.05, 0) is 35.0 Å². The molecule has 0 aliphatic carbocycles. The summed E-state index contributed by atoms with van der Waals surface area (Å²) < 4.78 is 19.2. The number of ether oxygens (including phenoxy) is 1. The maximum atomic E-state index is 13.3. The predicted octanol–water partition coefficient (Wildman–Crippen LogP) is 2.73. The van der Waals surface area contributed by atoms with Crippen LogP contribution < -0.4 is 4.74 Å². The Morgan fingerprint density at radius 3 is 2.86 bits per heavy atom. The van der Waals surface area contributed by atoms with E-state index in [2.05, 4.69) is 15.9 Å². The molecule has 1 aromatic rings. The van der Waals surface area contributed by atoms with E-state index in [9.17, 15) is 9.18 Å². The summed E-state index contributed by atoms with van der Waals surface area (Å²) in [5.41, 5.74) is 0.302. The average molecular weight is 261 g/mol. The van der Waals surface area contributed by atoms with E-state index in [1.54, 1.807) is 6.07 Å². The van der Waals surface area contributed by atoms with Crippen LogP contribution in [0.3, 0.4) is 0 Å². The number of aldehydes is 1. The zero-order chi connectivity index (χ0) is 10.6. The summed E-state index contributed by atoms with van der Waals surface area (Å²) in [7, 11) is 0. The zero-order valence-corrected chi connectivity index (χ0v) is 9.30. The van der Waals surface area contributed by atoms with E-state index in [1.807, 2.05) is 6.92 Å². The van der Waals surface area contributed by atoms with Crippen molar-refractivity contribution in [2.75, 3.05) is 6.61 Å². The van der Waals surface area contributed by atoms with Crippen molar-refractivity contribution in [1.29, 1.82) is 0 Å². The smallest absolute Gasteiger partial charge is 0.139 e. The summed E-state index contributed by atoms with van der Waals surface area (Å²) in [6.45, 7) is 2.25. The van der Waals surface area contributed by atoms with Crippen LogP contribution in [0.1, 0.15) is 12.5 Å². The quantitative estimate of drug-likeness (QED) is 0.779. The maximum Gasteiger partial charge on any atom is 0.139 e. The topological polar surface area (TPSA) is 26.3 Å².